The molecule has 1 saturated heterocycles. The molecule has 3 heteroatoms. The first-order valence-corrected chi connectivity index (χ1v) is 4.55. The van der Waals surface area contributed by atoms with Gasteiger partial charge in [0.1, 0.15) is 0 Å². The average Bonchev–Trinajstić information content (AvgIpc) is 1.99. The number of nitrogens with one attached hydrogen (secondary N) is 1. The van der Waals surface area contributed by atoms with E-state index < -0.39 is 0 Å². The molecule has 12 heavy (non-hydrogen) atoms. The van der Waals surface area contributed by atoms with E-state index in [-0.39, 0.29) is 11.8 Å². The van der Waals surface area contributed by atoms with Crippen molar-refractivity contribution < 1.29 is 9.59 Å². The number of hydrogen-bond donors (Lipinski definition) is 1. The van der Waals surface area contributed by atoms with Crippen LogP contribution in [0.1, 0.15) is 39.0 Å². The Balaban J connectivity index is 2.34. The van der Waals surface area contributed by atoms with Gasteiger partial charge in [0.15, 0.2) is 0 Å². The first-order valence-electron chi connectivity index (χ1n) is 4.55. The van der Waals surface area contributed by atoms with Crippen LogP contribution in [0.15, 0.2) is 0 Å². The van der Waals surface area contributed by atoms with E-state index in [4.69, 9.17) is 0 Å². The zero-order valence-electron chi connectivity index (χ0n) is 7.43. The van der Waals surface area contributed by atoms with Gasteiger partial charge in [-0.2, -0.15) is 0 Å². The third kappa shape index (κ3) is 2.64. The molecule has 1 aliphatic rings. The Labute approximate surface area is 72.5 Å². The molecule has 3 nitrogen and oxygen atoms in total. The lowest BCUT2D eigenvalue weighted by Crippen LogP contribution is -2.38. The van der Waals surface area contributed by atoms with Crippen molar-refractivity contribution in [3.63, 3.8) is 0 Å². The van der Waals surface area contributed by atoms with Crippen LogP contribution in [0.5, 0.6) is 0 Å². The molecule has 1 rings (SSSR count). The highest BCUT2D eigenvalue weighted by atomic mass is 16.2. The van der Waals surface area contributed by atoms with Crippen molar-refractivity contribution in [3.05, 3.63) is 0 Å². The molecule has 0 atom stereocenters. The number of amides is 2. The van der Waals surface area contributed by atoms with Crippen LogP contribution >= 0.6 is 0 Å². The quantitative estimate of drug-likeness (QED) is 0.646. The summed E-state index contributed by atoms with van der Waals surface area (Å²) in [6.45, 7) is 2.12. The van der Waals surface area contributed by atoms with Crippen molar-refractivity contribution in [2.24, 2.45) is 5.92 Å². The Morgan fingerprint density at radius 2 is 1.92 bits per heavy atom. The molecule has 0 saturated carbocycles. The van der Waals surface area contributed by atoms with Crippen LogP contribution in [0.3, 0.4) is 0 Å². The number of unbranched alkanes of at least 4 members (excludes halogenated alkanes) is 1. The Hall–Kier alpha value is -0.860. The minimum atomic E-state index is -0.104. The summed E-state index contributed by atoms with van der Waals surface area (Å²) in [5, 5.41) is 2.31. The van der Waals surface area contributed by atoms with E-state index in [0.717, 1.165) is 19.3 Å². The van der Waals surface area contributed by atoms with Crippen LogP contribution in [0.2, 0.25) is 0 Å². The smallest absolute Gasteiger partial charge is 0.226 e. The molecule has 1 heterocycles. The lowest BCUT2D eigenvalue weighted by Gasteiger charge is -2.20. The van der Waals surface area contributed by atoms with Gasteiger partial charge in [-0.05, 0) is 12.3 Å². The second kappa shape index (κ2) is 4.24. The number of rotatable bonds is 3. The fourth-order valence-electron chi connectivity index (χ4n) is 1.55. The van der Waals surface area contributed by atoms with Crippen LogP contribution in [-0.2, 0) is 9.59 Å². The lowest BCUT2D eigenvalue weighted by molar-refractivity contribution is -0.134. The van der Waals surface area contributed by atoms with E-state index in [2.05, 4.69) is 12.2 Å². The molecule has 0 aliphatic carbocycles. The summed E-state index contributed by atoms with van der Waals surface area (Å²) < 4.78 is 0. The molecule has 0 bridgehead atoms. The summed E-state index contributed by atoms with van der Waals surface area (Å²) in [5.74, 6) is 0.0888. The van der Waals surface area contributed by atoms with Gasteiger partial charge in [0.2, 0.25) is 11.8 Å². The summed E-state index contributed by atoms with van der Waals surface area (Å²) in [5.41, 5.74) is 0. The molecule has 68 valence electrons. The number of imide groups is 1. The minimum Gasteiger partial charge on any atom is -0.296 e. The van der Waals surface area contributed by atoms with E-state index in [1.165, 1.54) is 0 Å². The lowest BCUT2D eigenvalue weighted by atomic mass is 9.92. The average molecular weight is 169 g/mol. The third-order valence-corrected chi connectivity index (χ3v) is 2.19. The monoisotopic (exact) mass is 169 g/mol. The van der Waals surface area contributed by atoms with E-state index in [1.54, 1.807) is 0 Å². The summed E-state index contributed by atoms with van der Waals surface area (Å²) in [4.78, 5) is 21.8. The molecule has 0 aromatic carbocycles. The van der Waals surface area contributed by atoms with Crippen LogP contribution in [-0.4, -0.2) is 11.8 Å². The van der Waals surface area contributed by atoms with Gasteiger partial charge in [-0.15, -0.1) is 0 Å². The third-order valence-electron chi connectivity index (χ3n) is 2.19. The molecule has 1 fully saturated rings. The van der Waals surface area contributed by atoms with Crippen molar-refractivity contribution in [2.45, 2.75) is 39.0 Å². The molecular formula is C9H15NO2. The number of carbonyl (C=O) groups is 2. The van der Waals surface area contributed by atoms with Gasteiger partial charge >= 0.3 is 0 Å². The first-order chi connectivity index (χ1) is 5.72. The Bertz CT molecular complexity index is 173. The summed E-state index contributed by atoms with van der Waals surface area (Å²) in [6, 6.07) is 0. The van der Waals surface area contributed by atoms with Crippen molar-refractivity contribution in [1.82, 2.24) is 5.32 Å². The van der Waals surface area contributed by atoms with E-state index in [1.807, 2.05) is 0 Å². The Morgan fingerprint density at radius 1 is 1.33 bits per heavy atom. The second-order valence-corrected chi connectivity index (χ2v) is 3.39. The molecule has 2 amide bonds. The minimum absolute atomic E-state index is 0.104. The molecular weight excluding hydrogens is 154 g/mol. The van der Waals surface area contributed by atoms with Gasteiger partial charge in [-0.3, -0.25) is 14.9 Å². The highest BCUT2D eigenvalue weighted by molar-refractivity contribution is 5.97. The highest BCUT2D eigenvalue weighted by Gasteiger charge is 2.23. The van der Waals surface area contributed by atoms with Crippen molar-refractivity contribution in [2.75, 3.05) is 0 Å². The van der Waals surface area contributed by atoms with Gasteiger partial charge in [0, 0.05) is 12.8 Å². The van der Waals surface area contributed by atoms with Gasteiger partial charge in [0.25, 0.3) is 0 Å². The second-order valence-electron chi connectivity index (χ2n) is 3.39. The zero-order valence-corrected chi connectivity index (χ0v) is 7.43. The van der Waals surface area contributed by atoms with Gasteiger partial charge in [-0.25, -0.2) is 0 Å². The normalized spacial score (nSPS) is 19.4. The maximum Gasteiger partial charge on any atom is 0.226 e. The number of carbonyl (C=O) groups excluding carboxylic acids is 2. The Morgan fingerprint density at radius 3 is 2.42 bits per heavy atom. The summed E-state index contributed by atoms with van der Waals surface area (Å²) in [7, 11) is 0. The van der Waals surface area contributed by atoms with Gasteiger partial charge in [-0.1, -0.05) is 19.8 Å². The van der Waals surface area contributed by atoms with Crippen LogP contribution in [0.4, 0.5) is 0 Å². The van der Waals surface area contributed by atoms with Crippen molar-refractivity contribution in [1.29, 1.82) is 0 Å². The van der Waals surface area contributed by atoms with E-state index in [0.29, 0.717) is 18.8 Å². The maximum atomic E-state index is 10.9. The molecule has 0 radical (unpaired) electrons. The van der Waals surface area contributed by atoms with Crippen LogP contribution in [0.25, 0.3) is 0 Å². The molecule has 1 aliphatic heterocycles. The van der Waals surface area contributed by atoms with Crippen LogP contribution < -0.4 is 5.32 Å². The standard InChI is InChI=1S/C9H15NO2/c1-2-3-4-7-5-8(11)10-9(12)6-7/h7H,2-6H2,1H3,(H,10,11,12). The highest BCUT2D eigenvalue weighted by Crippen LogP contribution is 2.19. The van der Waals surface area contributed by atoms with Crippen molar-refractivity contribution >= 4 is 11.8 Å². The topological polar surface area (TPSA) is 46.2 Å². The Kier molecular flexibility index (Phi) is 3.26. The number of hydrogen-bond acceptors (Lipinski definition) is 2. The SMILES string of the molecule is CCCCC1CC(=O)NC(=O)C1. The van der Waals surface area contributed by atoms with Crippen LogP contribution in [0, 0.1) is 5.92 Å². The molecule has 0 aromatic heterocycles. The maximum absolute atomic E-state index is 10.9. The number of piperidine rings is 1. The first kappa shape index (κ1) is 9.23. The molecule has 0 spiro atoms. The fourth-order valence-corrected chi connectivity index (χ4v) is 1.55. The summed E-state index contributed by atoms with van der Waals surface area (Å²) in [6.07, 6.45) is 4.32. The predicted molar refractivity (Wildman–Crippen MR) is 45.4 cm³/mol. The molecule has 0 unspecified atom stereocenters. The largest absolute Gasteiger partial charge is 0.296 e. The van der Waals surface area contributed by atoms with Gasteiger partial charge in [0.05, 0.1) is 0 Å². The van der Waals surface area contributed by atoms with E-state index in [9.17, 15) is 9.59 Å². The predicted octanol–water partition coefficient (Wildman–Crippen LogP) is 1.23. The van der Waals surface area contributed by atoms with Gasteiger partial charge < -0.3 is 0 Å². The molecule has 1 N–H and O–H groups in total. The molecule has 0 aromatic rings. The van der Waals surface area contributed by atoms with E-state index >= 15 is 0 Å². The fraction of sp³-hybridized carbons (Fsp3) is 0.778. The van der Waals surface area contributed by atoms with Crippen molar-refractivity contribution in [3.8, 4) is 0 Å². The zero-order chi connectivity index (χ0) is 8.97. The summed E-state index contributed by atoms with van der Waals surface area (Å²) >= 11 is 0.